The Morgan fingerprint density at radius 3 is 2.41 bits per heavy atom. The summed E-state index contributed by atoms with van der Waals surface area (Å²) in [6, 6.07) is 8.43. The second kappa shape index (κ2) is 10.7. The molecular formula is C22H32N4O. The maximum atomic E-state index is 5.24. The number of nitrogens with one attached hydrogen (secondary N) is 2. The Morgan fingerprint density at radius 1 is 1.19 bits per heavy atom. The predicted molar refractivity (Wildman–Crippen MR) is 113 cm³/mol. The molecule has 1 aromatic heterocycles. The van der Waals surface area contributed by atoms with E-state index in [2.05, 4.69) is 47.4 Å². The molecule has 0 aliphatic rings. The van der Waals surface area contributed by atoms with Crippen molar-refractivity contribution in [1.29, 1.82) is 0 Å². The van der Waals surface area contributed by atoms with E-state index in [-0.39, 0.29) is 0 Å². The summed E-state index contributed by atoms with van der Waals surface area (Å²) in [5.41, 5.74) is 3.30. The van der Waals surface area contributed by atoms with E-state index in [0.717, 1.165) is 48.7 Å². The molecule has 0 amide bonds. The molecule has 0 aliphatic carbocycles. The van der Waals surface area contributed by atoms with Crippen LogP contribution in [0, 0.1) is 5.92 Å². The SMILES string of the molecule is C=CCN(CC=C)[C@H](CNCc1cn[nH]c1-c1ccc(OC)cc1)C(C)C. The fourth-order valence-corrected chi connectivity index (χ4v) is 3.27. The van der Waals surface area contributed by atoms with Crippen LogP contribution in [0.25, 0.3) is 11.3 Å². The van der Waals surface area contributed by atoms with E-state index in [9.17, 15) is 0 Å². The molecule has 5 heteroatoms. The van der Waals surface area contributed by atoms with Gasteiger partial charge in [0.25, 0.3) is 0 Å². The number of rotatable bonds is 12. The highest BCUT2D eigenvalue weighted by molar-refractivity contribution is 5.63. The summed E-state index contributed by atoms with van der Waals surface area (Å²) >= 11 is 0. The first kappa shape index (κ1) is 20.9. The maximum absolute atomic E-state index is 5.24. The van der Waals surface area contributed by atoms with Crippen LogP contribution in [-0.4, -0.2) is 47.9 Å². The van der Waals surface area contributed by atoms with Gasteiger partial charge in [0.1, 0.15) is 5.75 Å². The van der Waals surface area contributed by atoms with Crippen molar-refractivity contribution in [1.82, 2.24) is 20.4 Å². The number of H-pyrrole nitrogens is 1. The van der Waals surface area contributed by atoms with Gasteiger partial charge in [-0.2, -0.15) is 5.10 Å². The highest BCUT2D eigenvalue weighted by Gasteiger charge is 2.20. The Hall–Kier alpha value is -2.37. The van der Waals surface area contributed by atoms with Gasteiger partial charge in [-0.25, -0.2) is 0 Å². The Bertz CT molecular complexity index is 695. The average Bonchev–Trinajstić information content (AvgIpc) is 3.13. The first-order valence-corrected chi connectivity index (χ1v) is 9.43. The molecular weight excluding hydrogens is 336 g/mol. The molecule has 0 radical (unpaired) electrons. The summed E-state index contributed by atoms with van der Waals surface area (Å²) in [6.45, 7) is 15.7. The number of ether oxygens (including phenoxy) is 1. The van der Waals surface area contributed by atoms with Gasteiger partial charge in [-0.3, -0.25) is 10.00 Å². The molecule has 1 heterocycles. The van der Waals surface area contributed by atoms with Gasteiger partial charge in [0.2, 0.25) is 0 Å². The van der Waals surface area contributed by atoms with E-state index in [0.29, 0.717) is 12.0 Å². The summed E-state index contributed by atoms with van der Waals surface area (Å²) in [5, 5.41) is 11.0. The van der Waals surface area contributed by atoms with Crippen molar-refractivity contribution in [3.05, 3.63) is 61.3 Å². The molecule has 2 N–H and O–H groups in total. The second-order valence-corrected chi connectivity index (χ2v) is 6.97. The zero-order chi connectivity index (χ0) is 19.6. The van der Waals surface area contributed by atoms with Gasteiger partial charge in [-0.15, -0.1) is 13.2 Å². The van der Waals surface area contributed by atoms with Crippen LogP contribution in [0.4, 0.5) is 0 Å². The molecule has 0 saturated heterocycles. The second-order valence-electron chi connectivity index (χ2n) is 6.97. The van der Waals surface area contributed by atoms with Gasteiger partial charge in [0.05, 0.1) is 19.0 Å². The molecule has 0 unspecified atom stereocenters. The van der Waals surface area contributed by atoms with Crippen LogP contribution in [0.3, 0.4) is 0 Å². The molecule has 2 rings (SSSR count). The minimum Gasteiger partial charge on any atom is -0.497 e. The van der Waals surface area contributed by atoms with E-state index >= 15 is 0 Å². The van der Waals surface area contributed by atoms with Crippen molar-refractivity contribution in [2.24, 2.45) is 5.92 Å². The Morgan fingerprint density at radius 2 is 1.85 bits per heavy atom. The zero-order valence-corrected chi connectivity index (χ0v) is 16.7. The van der Waals surface area contributed by atoms with Gasteiger partial charge in [0, 0.05) is 43.3 Å². The van der Waals surface area contributed by atoms with Crippen molar-refractivity contribution < 1.29 is 4.74 Å². The Balaban J connectivity index is 2.02. The lowest BCUT2D eigenvalue weighted by Crippen LogP contribution is -2.45. The van der Waals surface area contributed by atoms with Gasteiger partial charge in [-0.1, -0.05) is 26.0 Å². The largest absolute Gasteiger partial charge is 0.497 e. The average molecular weight is 369 g/mol. The molecule has 0 aliphatic heterocycles. The molecule has 27 heavy (non-hydrogen) atoms. The smallest absolute Gasteiger partial charge is 0.118 e. The van der Waals surface area contributed by atoms with Crippen molar-refractivity contribution in [3.8, 4) is 17.0 Å². The minimum atomic E-state index is 0.414. The molecule has 1 aromatic carbocycles. The fourth-order valence-electron chi connectivity index (χ4n) is 3.27. The molecule has 5 nitrogen and oxygen atoms in total. The van der Waals surface area contributed by atoms with Gasteiger partial charge < -0.3 is 10.1 Å². The van der Waals surface area contributed by atoms with Gasteiger partial charge in [0.15, 0.2) is 0 Å². The molecule has 146 valence electrons. The van der Waals surface area contributed by atoms with E-state index in [4.69, 9.17) is 4.74 Å². The standard InChI is InChI=1S/C22H32N4O/c1-6-12-26(13-7-2)21(17(3)4)16-23-14-19-15-24-25-22(19)18-8-10-20(27-5)11-9-18/h6-11,15,17,21,23H,1-2,12-14,16H2,3-5H3,(H,24,25)/t21-/m1/s1. The number of benzene rings is 1. The quantitative estimate of drug-likeness (QED) is 0.558. The number of methoxy groups -OCH3 is 1. The van der Waals surface area contributed by atoms with Gasteiger partial charge in [-0.05, 0) is 30.2 Å². The first-order chi connectivity index (χ1) is 13.1. The summed E-state index contributed by atoms with van der Waals surface area (Å²) in [6.07, 6.45) is 5.80. The number of nitrogens with zero attached hydrogens (tertiary/aromatic N) is 2. The van der Waals surface area contributed by atoms with Crippen molar-refractivity contribution in [2.75, 3.05) is 26.7 Å². The molecule has 2 aromatic rings. The third-order valence-electron chi connectivity index (χ3n) is 4.73. The number of aromatic amines is 1. The Kier molecular flexibility index (Phi) is 8.30. The van der Waals surface area contributed by atoms with E-state index in [1.54, 1.807) is 7.11 Å². The number of hydrogen-bond donors (Lipinski definition) is 2. The minimum absolute atomic E-state index is 0.414. The topological polar surface area (TPSA) is 53.2 Å². The molecule has 0 fully saturated rings. The van der Waals surface area contributed by atoms with E-state index in [1.807, 2.05) is 42.6 Å². The molecule has 0 bridgehead atoms. The molecule has 0 saturated carbocycles. The lowest BCUT2D eigenvalue weighted by molar-refractivity contribution is 0.184. The number of hydrogen-bond acceptors (Lipinski definition) is 4. The fraction of sp³-hybridized carbons (Fsp3) is 0.409. The van der Waals surface area contributed by atoms with E-state index in [1.165, 1.54) is 0 Å². The van der Waals surface area contributed by atoms with Crippen LogP contribution in [0.15, 0.2) is 55.8 Å². The summed E-state index contributed by atoms with van der Waals surface area (Å²) in [5.74, 6) is 1.38. The highest BCUT2D eigenvalue weighted by atomic mass is 16.5. The zero-order valence-electron chi connectivity index (χ0n) is 16.7. The predicted octanol–water partition coefficient (Wildman–Crippen LogP) is 3.87. The Labute approximate surface area is 163 Å². The summed E-state index contributed by atoms with van der Waals surface area (Å²) < 4.78 is 5.24. The summed E-state index contributed by atoms with van der Waals surface area (Å²) in [7, 11) is 1.67. The van der Waals surface area contributed by atoms with Crippen LogP contribution in [-0.2, 0) is 6.54 Å². The monoisotopic (exact) mass is 368 g/mol. The number of aromatic nitrogens is 2. The summed E-state index contributed by atoms with van der Waals surface area (Å²) in [4.78, 5) is 2.40. The van der Waals surface area contributed by atoms with Gasteiger partial charge >= 0.3 is 0 Å². The first-order valence-electron chi connectivity index (χ1n) is 9.43. The van der Waals surface area contributed by atoms with E-state index < -0.39 is 0 Å². The van der Waals surface area contributed by atoms with Crippen LogP contribution in [0.1, 0.15) is 19.4 Å². The highest BCUT2D eigenvalue weighted by Crippen LogP contribution is 2.23. The van der Waals surface area contributed by atoms with Crippen molar-refractivity contribution in [2.45, 2.75) is 26.4 Å². The van der Waals surface area contributed by atoms with Crippen molar-refractivity contribution >= 4 is 0 Å². The van der Waals surface area contributed by atoms with Crippen molar-refractivity contribution in [3.63, 3.8) is 0 Å². The third-order valence-corrected chi connectivity index (χ3v) is 4.73. The van der Waals surface area contributed by atoms with Crippen LogP contribution in [0.2, 0.25) is 0 Å². The van der Waals surface area contributed by atoms with Crippen LogP contribution in [0.5, 0.6) is 5.75 Å². The van der Waals surface area contributed by atoms with Crippen LogP contribution >= 0.6 is 0 Å². The lowest BCUT2D eigenvalue weighted by atomic mass is 10.0. The van der Waals surface area contributed by atoms with Crippen LogP contribution < -0.4 is 10.1 Å². The maximum Gasteiger partial charge on any atom is 0.118 e. The lowest BCUT2D eigenvalue weighted by Gasteiger charge is -2.33. The normalized spacial score (nSPS) is 12.3. The third kappa shape index (κ3) is 5.81. The molecule has 0 spiro atoms. The molecule has 1 atom stereocenters.